The van der Waals surface area contributed by atoms with Gasteiger partial charge in [0.25, 0.3) is 0 Å². The fourth-order valence-electron chi connectivity index (χ4n) is 2.24. The molecule has 3 heteroatoms. The van der Waals surface area contributed by atoms with Crippen molar-refractivity contribution in [3.8, 4) is 0 Å². The molecule has 1 unspecified atom stereocenters. The van der Waals surface area contributed by atoms with Crippen molar-refractivity contribution in [2.45, 2.75) is 26.4 Å². The molecule has 0 amide bonds. The smallest absolute Gasteiger partial charge is 0.129 e. The van der Waals surface area contributed by atoms with Gasteiger partial charge in [-0.2, -0.15) is 0 Å². The second-order valence-electron chi connectivity index (χ2n) is 4.76. The Balaban J connectivity index is 2.31. The maximum Gasteiger partial charge on any atom is 0.129 e. The van der Waals surface area contributed by atoms with E-state index in [1.165, 1.54) is 0 Å². The van der Waals surface area contributed by atoms with Crippen molar-refractivity contribution in [2.24, 2.45) is 0 Å². The van der Waals surface area contributed by atoms with Crippen LogP contribution in [0.15, 0.2) is 36.4 Å². The number of aliphatic hydroxyl groups excluding tert-OH is 1. The van der Waals surface area contributed by atoms with Gasteiger partial charge in [0.2, 0.25) is 0 Å². The van der Waals surface area contributed by atoms with E-state index >= 15 is 0 Å². The third kappa shape index (κ3) is 2.99. The molecular weight excluding hydrogens is 246 g/mol. The molecule has 0 radical (unpaired) electrons. The Bertz CT molecular complexity index is 573. The summed E-state index contributed by atoms with van der Waals surface area (Å²) in [5.41, 5.74) is 3.05. The molecule has 2 aromatic rings. The minimum atomic E-state index is -1.05. The molecule has 0 aliphatic rings. The van der Waals surface area contributed by atoms with E-state index in [-0.39, 0.29) is 12.0 Å². The molecule has 0 spiro atoms. The van der Waals surface area contributed by atoms with Crippen LogP contribution in [-0.2, 0) is 6.42 Å². The van der Waals surface area contributed by atoms with Crippen molar-refractivity contribution in [1.82, 2.24) is 0 Å². The first kappa shape index (κ1) is 13.7. The summed E-state index contributed by atoms with van der Waals surface area (Å²) in [6, 6.07) is 8.95. The Morgan fingerprint density at radius 2 is 1.68 bits per heavy atom. The molecule has 0 heterocycles. The number of aryl methyl sites for hydroxylation is 2. The average molecular weight is 262 g/mol. The van der Waals surface area contributed by atoms with E-state index in [1.54, 1.807) is 0 Å². The Kier molecular flexibility index (Phi) is 3.96. The molecule has 1 nitrogen and oxygen atoms in total. The van der Waals surface area contributed by atoms with Crippen LogP contribution in [0.3, 0.4) is 0 Å². The highest BCUT2D eigenvalue weighted by Crippen LogP contribution is 2.25. The molecule has 2 aromatic carbocycles. The van der Waals surface area contributed by atoms with Crippen LogP contribution in [0, 0.1) is 25.5 Å². The first-order valence-corrected chi connectivity index (χ1v) is 6.17. The first-order valence-electron chi connectivity index (χ1n) is 6.17. The topological polar surface area (TPSA) is 20.2 Å². The summed E-state index contributed by atoms with van der Waals surface area (Å²) in [4.78, 5) is 0. The Morgan fingerprint density at radius 1 is 1.05 bits per heavy atom. The number of halogens is 2. The highest BCUT2D eigenvalue weighted by atomic mass is 19.1. The Morgan fingerprint density at radius 3 is 2.32 bits per heavy atom. The van der Waals surface area contributed by atoms with Crippen LogP contribution in [0.1, 0.15) is 28.4 Å². The highest BCUT2D eigenvalue weighted by Gasteiger charge is 2.16. The monoisotopic (exact) mass is 262 g/mol. The molecule has 0 fully saturated rings. The molecule has 2 rings (SSSR count). The molecule has 0 aliphatic heterocycles. The number of aliphatic hydroxyl groups is 1. The predicted molar refractivity (Wildman–Crippen MR) is 70.9 cm³/mol. The van der Waals surface area contributed by atoms with E-state index in [0.717, 1.165) is 34.9 Å². The van der Waals surface area contributed by atoms with Gasteiger partial charge in [0, 0.05) is 12.0 Å². The molecule has 0 aromatic heterocycles. The quantitative estimate of drug-likeness (QED) is 0.890. The lowest BCUT2D eigenvalue weighted by Crippen LogP contribution is -2.07. The third-order valence-corrected chi connectivity index (χ3v) is 3.36. The molecule has 0 aliphatic carbocycles. The van der Waals surface area contributed by atoms with Crippen molar-refractivity contribution < 1.29 is 13.9 Å². The van der Waals surface area contributed by atoms with Gasteiger partial charge in [-0.3, -0.25) is 0 Å². The van der Waals surface area contributed by atoms with Crippen molar-refractivity contribution >= 4 is 0 Å². The number of rotatable bonds is 3. The van der Waals surface area contributed by atoms with Crippen molar-refractivity contribution in [1.29, 1.82) is 0 Å². The average Bonchev–Trinajstić information content (AvgIpc) is 2.37. The normalized spacial score (nSPS) is 12.5. The van der Waals surface area contributed by atoms with Crippen LogP contribution >= 0.6 is 0 Å². The minimum Gasteiger partial charge on any atom is -0.388 e. The summed E-state index contributed by atoms with van der Waals surface area (Å²) in [6.07, 6.45) is -0.769. The highest BCUT2D eigenvalue weighted by molar-refractivity contribution is 5.35. The van der Waals surface area contributed by atoms with Crippen LogP contribution in [0.2, 0.25) is 0 Å². The zero-order chi connectivity index (χ0) is 14.0. The predicted octanol–water partition coefficient (Wildman–Crippen LogP) is 3.86. The molecule has 0 saturated heterocycles. The molecule has 100 valence electrons. The van der Waals surface area contributed by atoms with Crippen LogP contribution in [-0.4, -0.2) is 5.11 Å². The molecule has 0 saturated carbocycles. The third-order valence-electron chi connectivity index (χ3n) is 3.36. The van der Waals surface area contributed by atoms with E-state index in [0.29, 0.717) is 0 Å². The number of hydrogen-bond acceptors (Lipinski definition) is 1. The summed E-state index contributed by atoms with van der Waals surface area (Å²) >= 11 is 0. The summed E-state index contributed by atoms with van der Waals surface area (Å²) in [7, 11) is 0. The van der Waals surface area contributed by atoms with Gasteiger partial charge in [0.1, 0.15) is 11.6 Å². The van der Waals surface area contributed by atoms with Gasteiger partial charge in [-0.25, -0.2) is 8.78 Å². The Labute approximate surface area is 111 Å². The first-order chi connectivity index (χ1) is 8.99. The summed E-state index contributed by atoms with van der Waals surface area (Å²) in [5, 5.41) is 10.1. The zero-order valence-corrected chi connectivity index (χ0v) is 11.0. The van der Waals surface area contributed by atoms with Gasteiger partial charge in [-0.05, 0) is 48.7 Å². The molecule has 19 heavy (non-hydrogen) atoms. The van der Waals surface area contributed by atoms with Gasteiger partial charge in [-0.1, -0.05) is 18.2 Å². The lowest BCUT2D eigenvalue weighted by atomic mass is 9.94. The lowest BCUT2D eigenvalue weighted by Gasteiger charge is -2.15. The maximum absolute atomic E-state index is 13.6. The number of benzene rings is 2. The molecule has 1 atom stereocenters. The van der Waals surface area contributed by atoms with E-state index in [2.05, 4.69) is 0 Å². The van der Waals surface area contributed by atoms with Crippen LogP contribution in [0.5, 0.6) is 0 Å². The standard InChI is InChI=1S/C16H16F2O/c1-10-4-3-5-11(2)13(10)9-16(19)14-8-12(17)6-7-15(14)18/h3-8,16,19H,9H2,1-2H3. The zero-order valence-electron chi connectivity index (χ0n) is 11.0. The second kappa shape index (κ2) is 5.49. The fraction of sp³-hybridized carbons (Fsp3) is 0.250. The van der Waals surface area contributed by atoms with E-state index in [9.17, 15) is 13.9 Å². The number of hydrogen-bond donors (Lipinski definition) is 1. The summed E-state index contributed by atoms with van der Waals surface area (Å²) in [6.45, 7) is 3.88. The van der Waals surface area contributed by atoms with Crippen molar-refractivity contribution in [3.05, 3.63) is 70.3 Å². The largest absolute Gasteiger partial charge is 0.388 e. The maximum atomic E-state index is 13.6. The van der Waals surface area contributed by atoms with Gasteiger partial charge in [-0.15, -0.1) is 0 Å². The lowest BCUT2D eigenvalue weighted by molar-refractivity contribution is 0.172. The summed E-state index contributed by atoms with van der Waals surface area (Å²) < 4.78 is 26.7. The van der Waals surface area contributed by atoms with Crippen LogP contribution in [0.4, 0.5) is 8.78 Å². The summed E-state index contributed by atoms with van der Waals surface area (Å²) in [5.74, 6) is -1.13. The SMILES string of the molecule is Cc1cccc(C)c1CC(O)c1cc(F)ccc1F. The fourth-order valence-corrected chi connectivity index (χ4v) is 2.24. The molecular formula is C16H16F2O. The van der Waals surface area contributed by atoms with Gasteiger partial charge in [0.15, 0.2) is 0 Å². The second-order valence-corrected chi connectivity index (χ2v) is 4.76. The van der Waals surface area contributed by atoms with Crippen LogP contribution < -0.4 is 0 Å². The van der Waals surface area contributed by atoms with Crippen molar-refractivity contribution in [2.75, 3.05) is 0 Å². The van der Waals surface area contributed by atoms with Gasteiger partial charge < -0.3 is 5.11 Å². The van der Waals surface area contributed by atoms with E-state index in [4.69, 9.17) is 0 Å². The van der Waals surface area contributed by atoms with E-state index in [1.807, 2.05) is 32.0 Å². The van der Waals surface area contributed by atoms with E-state index < -0.39 is 17.7 Å². The molecule has 1 N–H and O–H groups in total. The van der Waals surface area contributed by atoms with Crippen molar-refractivity contribution in [3.63, 3.8) is 0 Å². The Hall–Kier alpha value is -1.74. The minimum absolute atomic E-state index is 0.00246. The molecule has 0 bridgehead atoms. The van der Waals surface area contributed by atoms with Gasteiger partial charge >= 0.3 is 0 Å². The van der Waals surface area contributed by atoms with Gasteiger partial charge in [0.05, 0.1) is 6.10 Å². The van der Waals surface area contributed by atoms with Crippen LogP contribution in [0.25, 0.3) is 0 Å².